The van der Waals surface area contributed by atoms with Crippen molar-refractivity contribution >= 4 is 12.6 Å². The minimum Gasteiger partial charge on any atom is -0.376 e. The smallest absolute Gasteiger partial charge is 0.0810 e. The molecule has 1 fully saturated rings. The molecule has 0 radical (unpaired) electrons. The lowest BCUT2D eigenvalue weighted by atomic mass is 10.2. The highest BCUT2D eigenvalue weighted by molar-refractivity contribution is 7.80. The molecule has 1 atom stereocenters. The van der Waals surface area contributed by atoms with Crippen molar-refractivity contribution in [3.05, 3.63) is 0 Å². The van der Waals surface area contributed by atoms with Gasteiger partial charge in [0, 0.05) is 0 Å². The second kappa shape index (κ2) is 4.99. The number of ether oxygens (including phenoxy) is 2. The molecule has 1 heterocycles. The van der Waals surface area contributed by atoms with Crippen LogP contribution in [0.2, 0.25) is 0 Å². The van der Waals surface area contributed by atoms with Crippen molar-refractivity contribution in [3.8, 4) is 0 Å². The molecule has 10 heavy (non-hydrogen) atoms. The molecule has 0 bridgehead atoms. The van der Waals surface area contributed by atoms with Gasteiger partial charge in [0.15, 0.2) is 0 Å². The zero-order valence-corrected chi connectivity index (χ0v) is 6.98. The Morgan fingerprint density at radius 3 is 2.90 bits per heavy atom. The van der Waals surface area contributed by atoms with E-state index < -0.39 is 0 Å². The number of hydrogen-bond donors (Lipinski definition) is 1. The van der Waals surface area contributed by atoms with E-state index in [9.17, 15) is 0 Å². The van der Waals surface area contributed by atoms with Crippen LogP contribution in [0.4, 0.5) is 0 Å². The first-order valence-corrected chi connectivity index (χ1v) is 4.37. The third-order valence-corrected chi connectivity index (χ3v) is 1.89. The SMILES string of the molecule is SCCCC1COCCO1. The topological polar surface area (TPSA) is 18.5 Å². The van der Waals surface area contributed by atoms with Gasteiger partial charge in [-0.2, -0.15) is 12.6 Å². The molecule has 0 aromatic heterocycles. The first-order valence-electron chi connectivity index (χ1n) is 3.73. The summed E-state index contributed by atoms with van der Waals surface area (Å²) in [5, 5.41) is 0. The van der Waals surface area contributed by atoms with Gasteiger partial charge in [-0.1, -0.05) is 0 Å². The van der Waals surface area contributed by atoms with Crippen molar-refractivity contribution in [2.75, 3.05) is 25.6 Å². The van der Waals surface area contributed by atoms with Gasteiger partial charge < -0.3 is 9.47 Å². The van der Waals surface area contributed by atoms with Crippen LogP contribution in [-0.4, -0.2) is 31.7 Å². The lowest BCUT2D eigenvalue weighted by Gasteiger charge is -2.22. The highest BCUT2D eigenvalue weighted by Gasteiger charge is 2.12. The molecule has 2 nitrogen and oxygen atoms in total. The van der Waals surface area contributed by atoms with E-state index in [1.165, 1.54) is 0 Å². The first kappa shape index (κ1) is 8.37. The standard InChI is InChI=1S/C7H14O2S/c10-5-1-2-7-6-8-3-4-9-7/h7,10H,1-6H2. The van der Waals surface area contributed by atoms with Crippen LogP contribution in [0.5, 0.6) is 0 Å². The Kier molecular flexibility index (Phi) is 4.18. The van der Waals surface area contributed by atoms with Crippen molar-refractivity contribution in [2.45, 2.75) is 18.9 Å². The van der Waals surface area contributed by atoms with Crippen LogP contribution in [0.3, 0.4) is 0 Å². The van der Waals surface area contributed by atoms with E-state index in [0.717, 1.165) is 38.4 Å². The molecule has 0 aromatic carbocycles. The van der Waals surface area contributed by atoms with Crippen LogP contribution in [-0.2, 0) is 9.47 Å². The first-order chi connectivity index (χ1) is 4.93. The minimum atomic E-state index is 0.334. The summed E-state index contributed by atoms with van der Waals surface area (Å²) in [6.45, 7) is 2.29. The van der Waals surface area contributed by atoms with Crippen molar-refractivity contribution < 1.29 is 9.47 Å². The van der Waals surface area contributed by atoms with Gasteiger partial charge in [0.1, 0.15) is 0 Å². The van der Waals surface area contributed by atoms with Crippen LogP contribution >= 0.6 is 12.6 Å². The quantitative estimate of drug-likeness (QED) is 0.627. The summed E-state index contributed by atoms with van der Waals surface area (Å²) in [4.78, 5) is 0. The molecule has 1 saturated heterocycles. The molecule has 0 aromatic rings. The largest absolute Gasteiger partial charge is 0.376 e. The maximum Gasteiger partial charge on any atom is 0.0810 e. The molecule has 3 heteroatoms. The molecule has 0 spiro atoms. The van der Waals surface area contributed by atoms with Gasteiger partial charge in [0.05, 0.1) is 25.9 Å². The molecule has 0 saturated carbocycles. The van der Waals surface area contributed by atoms with Gasteiger partial charge in [-0.15, -0.1) is 0 Å². The third kappa shape index (κ3) is 2.90. The summed E-state index contributed by atoms with van der Waals surface area (Å²) < 4.78 is 10.7. The third-order valence-electron chi connectivity index (χ3n) is 1.57. The summed E-state index contributed by atoms with van der Waals surface area (Å²) in [6, 6.07) is 0. The Balaban J connectivity index is 2.02. The lowest BCUT2D eigenvalue weighted by Crippen LogP contribution is -2.28. The Labute approximate surface area is 67.3 Å². The van der Waals surface area contributed by atoms with Crippen LogP contribution < -0.4 is 0 Å². The van der Waals surface area contributed by atoms with Crippen LogP contribution in [0.1, 0.15) is 12.8 Å². The van der Waals surface area contributed by atoms with E-state index in [4.69, 9.17) is 9.47 Å². The number of thiol groups is 1. The lowest BCUT2D eigenvalue weighted by molar-refractivity contribution is -0.0905. The van der Waals surface area contributed by atoms with Crippen molar-refractivity contribution in [2.24, 2.45) is 0 Å². The number of hydrogen-bond acceptors (Lipinski definition) is 3. The molecule has 1 unspecified atom stereocenters. The highest BCUT2D eigenvalue weighted by atomic mass is 32.1. The monoisotopic (exact) mass is 162 g/mol. The minimum absolute atomic E-state index is 0.334. The van der Waals surface area contributed by atoms with E-state index in [-0.39, 0.29) is 0 Å². The molecule has 0 aliphatic carbocycles. The van der Waals surface area contributed by atoms with E-state index in [1.807, 2.05) is 0 Å². The van der Waals surface area contributed by atoms with E-state index in [1.54, 1.807) is 0 Å². The normalized spacial score (nSPS) is 26.7. The average Bonchev–Trinajstić information content (AvgIpc) is 2.03. The Morgan fingerprint density at radius 1 is 1.40 bits per heavy atom. The highest BCUT2D eigenvalue weighted by Crippen LogP contribution is 2.07. The maximum atomic E-state index is 5.42. The molecule has 60 valence electrons. The maximum absolute atomic E-state index is 5.42. The predicted molar refractivity (Wildman–Crippen MR) is 43.6 cm³/mol. The van der Waals surface area contributed by atoms with Crippen LogP contribution in [0.25, 0.3) is 0 Å². The molecule has 1 aliphatic rings. The summed E-state index contributed by atoms with van der Waals surface area (Å²) in [7, 11) is 0. The van der Waals surface area contributed by atoms with Gasteiger partial charge in [0.25, 0.3) is 0 Å². The van der Waals surface area contributed by atoms with Crippen LogP contribution in [0.15, 0.2) is 0 Å². The Bertz CT molecular complexity index is 81.7. The average molecular weight is 162 g/mol. The Hall–Kier alpha value is 0.270. The second-order valence-corrected chi connectivity index (χ2v) is 2.88. The molecule has 1 aliphatic heterocycles. The van der Waals surface area contributed by atoms with Crippen LogP contribution in [0, 0.1) is 0 Å². The van der Waals surface area contributed by atoms with Gasteiger partial charge >= 0.3 is 0 Å². The van der Waals surface area contributed by atoms with Crippen molar-refractivity contribution in [1.29, 1.82) is 0 Å². The van der Waals surface area contributed by atoms with Crippen molar-refractivity contribution in [1.82, 2.24) is 0 Å². The van der Waals surface area contributed by atoms with Crippen molar-refractivity contribution in [3.63, 3.8) is 0 Å². The zero-order valence-electron chi connectivity index (χ0n) is 6.08. The van der Waals surface area contributed by atoms with Gasteiger partial charge in [-0.3, -0.25) is 0 Å². The van der Waals surface area contributed by atoms with E-state index in [2.05, 4.69) is 12.6 Å². The van der Waals surface area contributed by atoms with E-state index >= 15 is 0 Å². The van der Waals surface area contributed by atoms with Gasteiger partial charge in [0.2, 0.25) is 0 Å². The fourth-order valence-corrected chi connectivity index (χ4v) is 1.20. The molecule has 0 N–H and O–H groups in total. The second-order valence-electron chi connectivity index (χ2n) is 2.43. The molecule has 1 rings (SSSR count). The molecule has 0 amide bonds. The van der Waals surface area contributed by atoms with E-state index in [0.29, 0.717) is 6.10 Å². The fourth-order valence-electron chi connectivity index (χ4n) is 1.02. The predicted octanol–water partition coefficient (Wildman–Crippen LogP) is 1.11. The van der Waals surface area contributed by atoms with Gasteiger partial charge in [-0.25, -0.2) is 0 Å². The summed E-state index contributed by atoms with van der Waals surface area (Å²) in [6.07, 6.45) is 2.54. The molecular weight excluding hydrogens is 148 g/mol. The summed E-state index contributed by atoms with van der Waals surface area (Å²) in [5.74, 6) is 0.944. The summed E-state index contributed by atoms with van der Waals surface area (Å²) in [5.41, 5.74) is 0. The molecular formula is C7H14O2S. The number of rotatable bonds is 3. The fraction of sp³-hybridized carbons (Fsp3) is 1.00. The summed E-state index contributed by atoms with van der Waals surface area (Å²) >= 11 is 4.12. The Morgan fingerprint density at radius 2 is 2.30 bits per heavy atom. The van der Waals surface area contributed by atoms with Gasteiger partial charge in [-0.05, 0) is 18.6 Å². The zero-order chi connectivity index (χ0) is 7.23.